The van der Waals surface area contributed by atoms with Crippen molar-refractivity contribution in [2.45, 2.75) is 31.2 Å². The number of para-hydroxylation sites is 1. The first-order valence-corrected chi connectivity index (χ1v) is 9.86. The van der Waals surface area contributed by atoms with Crippen molar-refractivity contribution in [3.05, 3.63) is 53.6 Å². The van der Waals surface area contributed by atoms with Gasteiger partial charge in [-0.1, -0.05) is 36.0 Å². The van der Waals surface area contributed by atoms with Gasteiger partial charge < -0.3 is 14.6 Å². The number of hydrogen-bond donors (Lipinski definition) is 1. The van der Waals surface area contributed by atoms with E-state index in [1.165, 1.54) is 11.8 Å². The van der Waals surface area contributed by atoms with Gasteiger partial charge >= 0.3 is 0 Å². The molecule has 0 spiro atoms. The van der Waals surface area contributed by atoms with Crippen LogP contribution in [0.5, 0.6) is 5.75 Å². The van der Waals surface area contributed by atoms with Gasteiger partial charge in [0.2, 0.25) is 5.91 Å². The quantitative estimate of drug-likeness (QED) is 0.632. The molecule has 0 fully saturated rings. The summed E-state index contributed by atoms with van der Waals surface area (Å²) in [4.78, 5) is 12.7. The van der Waals surface area contributed by atoms with E-state index in [1.54, 1.807) is 7.11 Å². The molecule has 1 unspecified atom stereocenters. The fourth-order valence-corrected chi connectivity index (χ4v) is 3.61. The Balaban J connectivity index is 1.76. The van der Waals surface area contributed by atoms with Crippen LogP contribution < -0.4 is 10.1 Å². The molecule has 146 valence electrons. The number of aryl methyl sites for hydroxylation is 2. The van der Waals surface area contributed by atoms with Crippen LogP contribution in [-0.2, 0) is 11.8 Å². The van der Waals surface area contributed by atoms with Crippen molar-refractivity contribution in [3.8, 4) is 17.1 Å². The topological polar surface area (TPSA) is 69.0 Å². The molecule has 6 nitrogen and oxygen atoms in total. The van der Waals surface area contributed by atoms with Crippen molar-refractivity contribution >= 4 is 23.4 Å². The van der Waals surface area contributed by atoms with Gasteiger partial charge in [0.1, 0.15) is 5.75 Å². The highest BCUT2D eigenvalue weighted by Gasteiger charge is 2.21. The Morgan fingerprint density at radius 1 is 1.18 bits per heavy atom. The van der Waals surface area contributed by atoms with E-state index in [1.807, 2.05) is 74.9 Å². The maximum atomic E-state index is 12.7. The number of carbonyl (C=O) groups is 1. The van der Waals surface area contributed by atoms with Crippen LogP contribution in [0.2, 0.25) is 0 Å². The van der Waals surface area contributed by atoms with Gasteiger partial charge in [0.15, 0.2) is 11.0 Å². The molecule has 0 aliphatic heterocycles. The molecule has 3 aromatic rings. The molecule has 0 bridgehead atoms. The highest BCUT2D eigenvalue weighted by atomic mass is 32.2. The first-order chi connectivity index (χ1) is 13.4. The van der Waals surface area contributed by atoms with Crippen LogP contribution in [0, 0.1) is 13.8 Å². The van der Waals surface area contributed by atoms with E-state index in [-0.39, 0.29) is 11.2 Å². The normalized spacial score (nSPS) is 11.9. The number of nitrogens with one attached hydrogen (secondary N) is 1. The molecule has 1 amide bonds. The summed E-state index contributed by atoms with van der Waals surface area (Å²) in [5, 5.41) is 11.9. The van der Waals surface area contributed by atoms with Crippen LogP contribution >= 0.6 is 11.8 Å². The van der Waals surface area contributed by atoms with Crippen molar-refractivity contribution in [2.75, 3.05) is 12.4 Å². The number of anilines is 1. The Morgan fingerprint density at radius 3 is 2.68 bits per heavy atom. The van der Waals surface area contributed by atoms with E-state index in [4.69, 9.17) is 4.74 Å². The van der Waals surface area contributed by atoms with E-state index in [2.05, 4.69) is 15.5 Å². The van der Waals surface area contributed by atoms with Gasteiger partial charge in [-0.2, -0.15) is 0 Å². The number of ether oxygens (including phenoxy) is 1. The van der Waals surface area contributed by atoms with Crippen molar-refractivity contribution in [1.29, 1.82) is 0 Å². The number of nitrogens with zero attached hydrogens (tertiary/aromatic N) is 3. The number of aromatic nitrogens is 3. The molecular formula is C21H24N4O2S. The molecule has 2 aromatic carbocycles. The smallest absolute Gasteiger partial charge is 0.237 e. The number of methoxy groups -OCH3 is 1. The second kappa shape index (κ2) is 8.48. The summed E-state index contributed by atoms with van der Waals surface area (Å²) < 4.78 is 7.30. The second-order valence-electron chi connectivity index (χ2n) is 6.63. The molecule has 0 saturated carbocycles. The summed E-state index contributed by atoms with van der Waals surface area (Å²) in [6.07, 6.45) is 0. The zero-order chi connectivity index (χ0) is 20.3. The average Bonchev–Trinajstić information content (AvgIpc) is 3.04. The van der Waals surface area contributed by atoms with E-state index in [0.717, 1.165) is 28.1 Å². The maximum absolute atomic E-state index is 12.7. The Hall–Kier alpha value is -2.80. The van der Waals surface area contributed by atoms with Gasteiger partial charge in [0.25, 0.3) is 0 Å². The standard InChI is InChI=1S/C21H24N4O2S/c1-13-10-11-14(2)17(12-13)22-20(26)15(3)28-21-24-23-19(25(21)4)16-8-6-7-9-18(16)27-5/h6-12,15H,1-5H3,(H,22,26). The van der Waals surface area contributed by atoms with Gasteiger partial charge in [-0.15, -0.1) is 10.2 Å². The summed E-state index contributed by atoms with van der Waals surface area (Å²) in [7, 11) is 3.52. The van der Waals surface area contributed by atoms with E-state index in [0.29, 0.717) is 11.0 Å². The zero-order valence-corrected chi connectivity index (χ0v) is 17.5. The minimum atomic E-state index is -0.326. The third kappa shape index (κ3) is 4.20. The van der Waals surface area contributed by atoms with Gasteiger partial charge in [-0.05, 0) is 50.1 Å². The zero-order valence-electron chi connectivity index (χ0n) is 16.7. The highest BCUT2D eigenvalue weighted by Crippen LogP contribution is 2.31. The molecule has 0 radical (unpaired) electrons. The maximum Gasteiger partial charge on any atom is 0.237 e. The summed E-state index contributed by atoms with van der Waals surface area (Å²) >= 11 is 1.37. The lowest BCUT2D eigenvalue weighted by atomic mass is 10.1. The lowest BCUT2D eigenvalue weighted by Gasteiger charge is -2.14. The highest BCUT2D eigenvalue weighted by molar-refractivity contribution is 8.00. The first-order valence-electron chi connectivity index (χ1n) is 8.98. The fraction of sp³-hybridized carbons (Fsp3) is 0.286. The van der Waals surface area contributed by atoms with Crippen molar-refractivity contribution < 1.29 is 9.53 Å². The predicted octanol–water partition coefficient (Wildman–Crippen LogP) is 4.23. The van der Waals surface area contributed by atoms with Gasteiger partial charge in [-0.3, -0.25) is 4.79 Å². The number of benzene rings is 2. The Bertz CT molecular complexity index is 1000. The van der Waals surface area contributed by atoms with Crippen molar-refractivity contribution in [2.24, 2.45) is 7.05 Å². The van der Waals surface area contributed by atoms with Crippen LogP contribution in [0.1, 0.15) is 18.1 Å². The number of carbonyl (C=O) groups excluding carboxylic acids is 1. The van der Waals surface area contributed by atoms with Gasteiger partial charge in [0.05, 0.1) is 17.9 Å². The number of rotatable bonds is 6. The summed E-state index contributed by atoms with van der Waals surface area (Å²) in [6.45, 7) is 5.85. The van der Waals surface area contributed by atoms with Crippen molar-refractivity contribution in [3.63, 3.8) is 0 Å². The number of hydrogen-bond acceptors (Lipinski definition) is 5. The lowest BCUT2D eigenvalue weighted by Crippen LogP contribution is -2.23. The molecule has 3 rings (SSSR count). The van der Waals surface area contributed by atoms with Crippen LogP contribution in [0.15, 0.2) is 47.6 Å². The lowest BCUT2D eigenvalue weighted by molar-refractivity contribution is -0.115. The average molecular weight is 397 g/mol. The first kappa shape index (κ1) is 19.9. The molecule has 0 saturated heterocycles. The Kier molecular flexibility index (Phi) is 6.04. The molecule has 1 heterocycles. The molecule has 0 aliphatic rings. The van der Waals surface area contributed by atoms with Crippen molar-refractivity contribution in [1.82, 2.24) is 14.8 Å². The van der Waals surface area contributed by atoms with E-state index < -0.39 is 0 Å². The van der Waals surface area contributed by atoms with Crippen LogP contribution in [0.25, 0.3) is 11.4 Å². The second-order valence-corrected chi connectivity index (χ2v) is 7.94. The van der Waals surface area contributed by atoms with Gasteiger partial charge in [0, 0.05) is 12.7 Å². The van der Waals surface area contributed by atoms with Crippen LogP contribution in [0.4, 0.5) is 5.69 Å². The van der Waals surface area contributed by atoms with E-state index >= 15 is 0 Å². The van der Waals surface area contributed by atoms with Crippen LogP contribution in [-0.4, -0.2) is 33.0 Å². The number of thioether (sulfide) groups is 1. The third-order valence-electron chi connectivity index (χ3n) is 4.49. The minimum Gasteiger partial charge on any atom is -0.496 e. The molecule has 0 aliphatic carbocycles. The Labute approximate surface area is 169 Å². The van der Waals surface area contributed by atoms with Gasteiger partial charge in [-0.25, -0.2) is 0 Å². The summed E-state index contributed by atoms with van der Waals surface area (Å²) in [6, 6.07) is 13.7. The predicted molar refractivity (Wildman–Crippen MR) is 113 cm³/mol. The SMILES string of the molecule is COc1ccccc1-c1nnc(SC(C)C(=O)Nc2cc(C)ccc2C)n1C. The summed E-state index contributed by atoms with van der Waals surface area (Å²) in [5.74, 6) is 1.36. The molecule has 1 aromatic heterocycles. The van der Waals surface area contributed by atoms with Crippen LogP contribution in [0.3, 0.4) is 0 Å². The monoisotopic (exact) mass is 396 g/mol. The largest absolute Gasteiger partial charge is 0.496 e. The molecule has 28 heavy (non-hydrogen) atoms. The van der Waals surface area contributed by atoms with E-state index in [9.17, 15) is 4.79 Å². The molecule has 1 atom stereocenters. The third-order valence-corrected chi connectivity index (χ3v) is 5.62. The molecular weight excluding hydrogens is 372 g/mol. The Morgan fingerprint density at radius 2 is 1.93 bits per heavy atom. The molecule has 1 N–H and O–H groups in total. The molecule has 7 heteroatoms. The number of amides is 1. The minimum absolute atomic E-state index is 0.0689. The fourth-order valence-electron chi connectivity index (χ4n) is 2.80. The summed E-state index contributed by atoms with van der Waals surface area (Å²) in [5.41, 5.74) is 3.84.